The van der Waals surface area contributed by atoms with Crippen molar-refractivity contribution < 1.29 is 28.7 Å². The van der Waals surface area contributed by atoms with Crippen molar-refractivity contribution in [2.24, 2.45) is 0 Å². The van der Waals surface area contributed by atoms with E-state index in [1.165, 1.54) is 14.2 Å². The molecular weight excluding hydrogens is 244 g/mol. The Morgan fingerprint density at radius 2 is 1.28 bits per heavy atom. The number of hydrogen-bond acceptors (Lipinski definition) is 6. The van der Waals surface area contributed by atoms with Crippen molar-refractivity contribution in [1.82, 2.24) is 9.80 Å². The molecule has 0 radical (unpaired) electrons. The monoisotopic (exact) mass is 258 g/mol. The first kappa shape index (κ1) is 13.9. The van der Waals surface area contributed by atoms with E-state index in [1.807, 2.05) is 0 Å². The first-order valence-electron chi connectivity index (χ1n) is 5.17. The van der Waals surface area contributed by atoms with Gasteiger partial charge in [-0.15, -0.1) is 0 Å². The normalized spacial score (nSPS) is 15.7. The maximum absolute atomic E-state index is 11.6. The summed E-state index contributed by atoms with van der Waals surface area (Å²) in [6.45, 7) is -1.03. The Balaban J connectivity index is 2.59. The number of carbonyl (C=O) groups is 4. The van der Waals surface area contributed by atoms with Crippen LogP contribution in [0.15, 0.2) is 0 Å². The van der Waals surface area contributed by atoms with Gasteiger partial charge in [0.1, 0.15) is 26.2 Å². The average Bonchev–Trinajstić information content (AvgIpc) is 2.34. The number of methoxy groups -OCH3 is 2. The molecule has 1 heterocycles. The van der Waals surface area contributed by atoms with Gasteiger partial charge in [-0.25, -0.2) is 0 Å². The van der Waals surface area contributed by atoms with Crippen molar-refractivity contribution in [3.63, 3.8) is 0 Å². The highest BCUT2D eigenvalue weighted by Gasteiger charge is 2.32. The van der Waals surface area contributed by atoms with Crippen LogP contribution < -0.4 is 0 Å². The van der Waals surface area contributed by atoms with Crippen LogP contribution in [0, 0.1) is 0 Å². The molecule has 0 aromatic rings. The topological polar surface area (TPSA) is 93.2 Å². The van der Waals surface area contributed by atoms with E-state index in [1.54, 1.807) is 0 Å². The zero-order valence-electron chi connectivity index (χ0n) is 10.2. The van der Waals surface area contributed by atoms with Crippen LogP contribution >= 0.6 is 0 Å². The highest BCUT2D eigenvalue weighted by Crippen LogP contribution is 2.05. The molecule has 8 heteroatoms. The van der Waals surface area contributed by atoms with E-state index >= 15 is 0 Å². The zero-order valence-corrected chi connectivity index (χ0v) is 10.2. The molecule has 8 nitrogen and oxygen atoms in total. The molecule has 1 aliphatic heterocycles. The summed E-state index contributed by atoms with van der Waals surface area (Å²) in [4.78, 5) is 47.5. The lowest BCUT2D eigenvalue weighted by atomic mass is 10.3. The lowest BCUT2D eigenvalue weighted by molar-refractivity contribution is -0.158. The number of rotatable bonds is 4. The SMILES string of the molecule is COC(=O)CN1CC(=O)N(CC(=O)OC)CC1=O. The summed E-state index contributed by atoms with van der Waals surface area (Å²) in [5.74, 6) is -2.03. The lowest BCUT2D eigenvalue weighted by Crippen LogP contribution is -2.56. The van der Waals surface area contributed by atoms with E-state index in [2.05, 4.69) is 9.47 Å². The van der Waals surface area contributed by atoms with Crippen LogP contribution in [0.2, 0.25) is 0 Å². The predicted octanol–water partition coefficient (Wildman–Crippen LogP) is -2.00. The Labute approximate surface area is 103 Å². The fourth-order valence-electron chi connectivity index (χ4n) is 1.43. The average molecular weight is 258 g/mol. The second-order valence-electron chi connectivity index (χ2n) is 3.65. The lowest BCUT2D eigenvalue weighted by Gasteiger charge is -2.32. The van der Waals surface area contributed by atoms with Crippen LogP contribution in [0.3, 0.4) is 0 Å². The fraction of sp³-hybridized carbons (Fsp3) is 0.600. The minimum absolute atomic E-state index is 0.245. The molecule has 0 aromatic heterocycles. The summed E-state index contributed by atoms with van der Waals surface area (Å²) in [5.41, 5.74) is 0. The Hall–Kier alpha value is -2.12. The Kier molecular flexibility index (Phi) is 4.64. The molecule has 0 N–H and O–H groups in total. The van der Waals surface area contributed by atoms with Gasteiger partial charge in [0.05, 0.1) is 14.2 Å². The Morgan fingerprint density at radius 3 is 1.56 bits per heavy atom. The maximum atomic E-state index is 11.6. The molecule has 100 valence electrons. The van der Waals surface area contributed by atoms with Crippen LogP contribution in [-0.2, 0) is 28.7 Å². The molecule has 1 saturated heterocycles. The molecular formula is C10H14N2O6. The molecule has 0 saturated carbocycles. The first-order chi connectivity index (χ1) is 8.47. The Morgan fingerprint density at radius 1 is 0.944 bits per heavy atom. The number of nitrogens with zero attached hydrogens (tertiary/aromatic N) is 2. The molecule has 1 fully saturated rings. The number of carbonyl (C=O) groups excluding carboxylic acids is 4. The number of piperazine rings is 1. The molecule has 0 aliphatic carbocycles. The maximum Gasteiger partial charge on any atom is 0.325 e. The molecule has 0 unspecified atom stereocenters. The number of ether oxygens (including phenoxy) is 2. The van der Waals surface area contributed by atoms with Crippen molar-refractivity contribution in [3.05, 3.63) is 0 Å². The highest BCUT2D eigenvalue weighted by molar-refractivity contribution is 5.95. The van der Waals surface area contributed by atoms with Gasteiger partial charge in [-0.2, -0.15) is 0 Å². The summed E-state index contributed by atoms with van der Waals surface area (Å²) < 4.78 is 8.83. The van der Waals surface area contributed by atoms with Crippen LogP contribution in [0.1, 0.15) is 0 Å². The van der Waals surface area contributed by atoms with E-state index in [-0.39, 0.29) is 26.2 Å². The molecule has 0 atom stereocenters. The molecule has 0 aromatic carbocycles. The minimum atomic E-state index is -0.599. The second kappa shape index (κ2) is 5.99. The van der Waals surface area contributed by atoms with E-state index in [0.717, 1.165) is 9.80 Å². The van der Waals surface area contributed by atoms with Crippen molar-refractivity contribution in [3.8, 4) is 0 Å². The second-order valence-corrected chi connectivity index (χ2v) is 3.65. The third kappa shape index (κ3) is 3.44. The van der Waals surface area contributed by atoms with E-state index in [4.69, 9.17) is 0 Å². The van der Waals surface area contributed by atoms with E-state index < -0.39 is 23.8 Å². The van der Waals surface area contributed by atoms with Crippen LogP contribution in [-0.4, -0.2) is 74.0 Å². The summed E-state index contributed by atoms with van der Waals surface area (Å²) in [6.07, 6.45) is 0. The predicted molar refractivity (Wildman–Crippen MR) is 57.2 cm³/mol. The molecule has 1 rings (SSSR count). The zero-order chi connectivity index (χ0) is 13.7. The first-order valence-corrected chi connectivity index (χ1v) is 5.17. The smallest absolute Gasteiger partial charge is 0.325 e. The largest absolute Gasteiger partial charge is 0.468 e. The highest BCUT2D eigenvalue weighted by atomic mass is 16.5. The van der Waals surface area contributed by atoms with Gasteiger partial charge in [0.15, 0.2) is 0 Å². The van der Waals surface area contributed by atoms with Crippen molar-refractivity contribution in [2.45, 2.75) is 0 Å². The van der Waals surface area contributed by atoms with Gasteiger partial charge in [0, 0.05) is 0 Å². The van der Waals surface area contributed by atoms with Gasteiger partial charge >= 0.3 is 11.9 Å². The third-order valence-corrected chi connectivity index (χ3v) is 2.45. The van der Waals surface area contributed by atoms with Crippen molar-refractivity contribution in [2.75, 3.05) is 40.4 Å². The number of esters is 2. The van der Waals surface area contributed by atoms with Gasteiger partial charge in [0.25, 0.3) is 0 Å². The van der Waals surface area contributed by atoms with E-state index in [0.29, 0.717) is 0 Å². The molecule has 0 bridgehead atoms. The van der Waals surface area contributed by atoms with Gasteiger partial charge in [-0.3, -0.25) is 19.2 Å². The summed E-state index contributed by atoms with van der Waals surface area (Å²) in [7, 11) is 2.39. The number of hydrogen-bond donors (Lipinski definition) is 0. The van der Waals surface area contributed by atoms with Crippen LogP contribution in [0.4, 0.5) is 0 Å². The summed E-state index contributed by atoms with van der Waals surface area (Å²) in [6, 6.07) is 0. The van der Waals surface area contributed by atoms with Crippen molar-refractivity contribution >= 4 is 23.8 Å². The summed E-state index contributed by atoms with van der Waals surface area (Å²) >= 11 is 0. The van der Waals surface area contributed by atoms with Gasteiger partial charge in [0.2, 0.25) is 11.8 Å². The van der Waals surface area contributed by atoms with Crippen molar-refractivity contribution in [1.29, 1.82) is 0 Å². The van der Waals surface area contributed by atoms with Gasteiger partial charge in [-0.05, 0) is 0 Å². The number of amides is 2. The standard InChI is InChI=1S/C10H14N2O6/c1-17-9(15)5-11-3-8(14)12(4-7(11)13)6-10(16)18-2/h3-6H2,1-2H3. The summed E-state index contributed by atoms with van der Waals surface area (Å²) in [5, 5.41) is 0. The van der Waals surface area contributed by atoms with E-state index in [9.17, 15) is 19.2 Å². The van der Waals surface area contributed by atoms with Crippen LogP contribution in [0.25, 0.3) is 0 Å². The molecule has 18 heavy (non-hydrogen) atoms. The fourth-order valence-corrected chi connectivity index (χ4v) is 1.43. The third-order valence-electron chi connectivity index (χ3n) is 2.45. The Bertz CT molecular complexity index is 345. The van der Waals surface area contributed by atoms with Crippen LogP contribution in [0.5, 0.6) is 0 Å². The molecule has 1 aliphatic rings. The van der Waals surface area contributed by atoms with Gasteiger partial charge in [-0.1, -0.05) is 0 Å². The quantitative estimate of drug-likeness (QED) is 0.542. The minimum Gasteiger partial charge on any atom is -0.468 e. The molecule has 0 spiro atoms. The van der Waals surface area contributed by atoms with Gasteiger partial charge < -0.3 is 19.3 Å². The molecule has 2 amide bonds.